The van der Waals surface area contributed by atoms with Crippen molar-refractivity contribution >= 4 is 63.0 Å². The lowest BCUT2D eigenvalue weighted by Crippen LogP contribution is -2.57. The van der Waals surface area contributed by atoms with E-state index in [1.165, 1.54) is 54.3 Å². The number of ether oxygens (including phenoxy) is 1. The largest absolute Gasteiger partial charge is 0.458 e. The molecule has 0 saturated carbocycles. The summed E-state index contributed by atoms with van der Waals surface area (Å²) in [4.78, 5) is 4.85. The molecule has 0 saturated heterocycles. The van der Waals surface area contributed by atoms with E-state index in [0.717, 1.165) is 17.2 Å². The lowest BCUT2D eigenvalue weighted by Gasteiger charge is -2.37. The summed E-state index contributed by atoms with van der Waals surface area (Å²) in [6.45, 7) is 0.156. The summed E-state index contributed by atoms with van der Waals surface area (Å²) in [6.07, 6.45) is 0. The molecule has 4 heterocycles. The third-order valence-corrected chi connectivity index (χ3v) is 8.77. The Bertz CT molecular complexity index is 1900. The minimum atomic E-state index is 0.156. The second-order valence-corrected chi connectivity index (χ2v) is 10.9. The Labute approximate surface area is 219 Å². The minimum Gasteiger partial charge on any atom is -0.458 e. The van der Waals surface area contributed by atoms with Gasteiger partial charge in [-0.15, -0.1) is 0 Å². The summed E-state index contributed by atoms with van der Waals surface area (Å²) in [5, 5.41) is 1.28. The fourth-order valence-corrected chi connectivity index (χ4v) is 7.34. The second-order valence-electron chi connectivity index (χ2n) is 9.75. The average molecular weight is 490 g/mol. The van der Waals surface area contributed by atoms with Gasteiger partial charge >= 0.3 is 0 Å². The Kier molecular flexibility index (Phi) is 3.81. The molecule has 0 spiro atoms. The lowest BCUT2D eigenvalue weighted by molar-refractivity contribution is 0.486. The highest BCUT2D eigenvalue weighted by molar-refractivity contribution is 7.99. The van der Waals surface area contributed by atoms with E-state index in [9.17, 15) is 0 Å². The molecule has 0 radical (unpaired) electrons. The van der Waals surface area contributed by atoms with E-state index in [2.05, 4.69) is 125 Å². The Morgan fingerprint density at radius 1 is 0.622 bits per heavy atom. The first-order chi connectivity index (χ1) is 18.4. The van der Waals surface area contributed by atoms with Crippen molar-refractivity contribution in [1.82, 2.24) is 4.57 Å². The Morgan fingerprint density at radius 2 is 1.38 bits per heavy atom. The summed E-state index contributed by atoms with van der Waals surface area (Å²) in [5.74, 6) is 1.92. The summed E-state index contributed by atoms with van der Waals surface area (Å²) < 4.78 is 9.17. The Morgan fingerprint density at radius 3 is 2.24 bits per heavy atom. The molecule has 5 heteroatoms. The highest BCUT2D eigenvalue weighted by Gasteiger charge is 2.50. The maximum Gasteiger partial charge on any atom is 0.280 e. The third-order valence-electron chi connectivity index (χ3n) is 7.79. The number of hydrogen-bond acceptors (Lipinski definition) is 3. The van der Waals surface area contributed by atoms with Crippen molar-refractivity contribution in [2.75, 3.05) is 4.90 Å². The number of rotatable bonds is 3. The van der Waals surface area contributed by atoms with E-state index in [4.69, 9.17) is 4.74 Å². The fraction of sp³-hybridized carbons (Fsp3) is 0. The molecular weight excluding hydrogens is 471 g/mol. The van der Waals surface area contributed by atoms with Crippen molar-refractivity contribution < 1.29 is 4.74 Å². The molecule has 6 aromatic rings. The van der Waals surface area contributed by atoms with Crippen LogP contribution >= 0.6 is 11.8 Å². The Balaban J connectivity index is 1.41. The molecule has 9 rings (SSSR count). The summed E-state index contributed by atoms with van der Waals surface area (Å²) >= 11 is 1.78. The first-order valence-corrected chi connectivity index (χ1v) is 13.4. The SMILES string of the molecule is c1ccc(Sc2cc3c4c(c2)N(c2ccccc2)c2c5n(c6ccccc26)-c2cccc(c2B45)O3)cc1. The lowest BCUT2D eigenvalue weighted by atomic mass is 9.37. The van der Waals surface area contributed by atoms with Crippen molar-refractivity contribution in [3.8, 4) is 17.2 Å². The molecule has 3 nitrogen and oxygen atoms in total. The molecule has 0 aliphatic carbocycles. The summed E-state index contributed by atoms with van der Waals surface area (Å²) in [6, 6.07) is 41.2. The molecule has 0 fully saturated rings. The molecule has 1 aromatic heterocycles. The van der Waals surface area contributed by atoms with Crippen LogP contribution in [0.4, 0.5) is 17.1 Å². The molecule has 172 valence electrons. The van der Waals surface area contributed by atoms with Crippen LogP contribution in [0.3, 0.4) is 0 Å². The maximum absolute atomic E-state index is 6.70. The highest BCUT2D eigenvalue weighted by Crippen LogP contribution is 2.48. The first kappa shape index (κ1) is 19.8. The zero-order chi connectivity index (χ0) is 24.1. The molecule has 3 aliphatic rings. The first-order valence-electron chi connectivity index (χ1n) is 12.6. The van der Waals surface area contributed by atoms with Crippen LogP contribution in [-0.4, -0.2) is 11.3 Å². The van der Waals surface area contributed by atoms with Crippen LogP contribution in [0.15, 0.2) is 125 Å². The molecule has 0 atom stereocenters. The summed E-state index contributed by atoms with van der Waals surface area (Å²) in [5.41, 5.74) is 9.99. The van der Waals surface area contributed by atoms with Crippen LogP contribution < -0.4 is 26.2 Å². The van der Waals surface area contributed by atoms with Gasteiger partial charge in [0, 0.05) is 37.8 Å². The van der Waals surface area contributed by atoms with E-state index >= 15 is 0 Å². The van der Waals surface area contributed by atoms with Gasteiger partial charge in [-0.05, 0) is 65.5 Å². The molecule has 0 unspecified atom stereocenters. The zero-order valence-electron chi connectivity index (χ0n) is 19.8. The van der Waals surface area contributed by atoms with Gasteiger partial charge in [0.25, 0.3) is 6.71 Å². The number of hydrogen-bond donors (Lipinski definition) is 0. The van der Waals surface area contributed by atoms with Gasteiger partial charge in [-0.25, -0.2) is 0 Å². The van der Waals surface area contributed by atoms with Gasteiger partial charge in [0.1, 0.15) is 11.5 Å². The molecule has 0 amide bonds. The van der Waals surface area contributed by atoms with Gasteiger partial charge < -0.3 is 14.2 Å². The number of aromatic nitrogens is 1. The third kappa shape index (κ3) is 2.54. The summed E-state index contributed by atoms with van der Waals surface area (Å²) in [7, 11) is 0. The van der Waals surface area contributed by atoms with E-state index in [-0.39, 0.29) is 6.71 Å². The monoisotopic (exact) mass is 490 g/mol. The van der Waals surface area contributed by atoms with Gasteiger partial charge in [0.15, 0.2) is 0 Å². The zero-order valence-corrected chi connectivity index (χ0v) is 20.6. The number of fused-ring (bicyclic) bond motifs is 4. The van der Waals surface area contributed by atoms with Crippen LogP contribution in [0.1, 0.15) is 0 Å². The highest BCUT2D eigenvalue weighted by atomic mass is 32.2. The van der Waals surface area contributed by atoms with Crippen LogP contribution in [0, 0.1) is 0 Å². The van der Waals surface area contributed by atoms with Crippen molar-refractivity contribution in [2.45, 2.75) is 9.79 Å². The number of para-hydroxylation sites is 2. The fourth-order valence-electron chi connectivity index (χ4n) is 6.44. The van der Waals surface area contributed by atoms with E-state index in [0.29, 0.717) is 0 Å². The normalized spacial score (nSPS) is 13.6. The van der Waals surface area contributed by atoms with Crippen molar-refractivity contribution in [1.29, 1.82) is 0 Å². The van der Waals surface area contributed by atoms with E-state index in [1.807, 2.05) is 0 Å². The van der Waals surface area contributed by atoms with Gasteiger partial charge in [0.05, 0.1) is 11.2 Å². The van der Waals surface area contributed by atoms with Crippen molar-refractivity contribution in [3.63, 3.8) is 0 Å². The second kappa shape index (κ2) is 7.12. The maximum atomic E-state index is 6.70. The molecule has 0 bridgehead atoms. The molecule has 5 aromatic carbocycles. The van der Waals surface area contributed by atoms with Crippen LogP contribution in [0.2, 0.25) is 0 Å². The number of benzene rings is 5. The molecular formula is C32H19BN2OS. The van der Waals surface area contributed by atoms with Gasteiger partial charge in [-0.1, -0.05) is 72.4 Å². The van der Waals surface area contributed by atoms with Gasteiger partial charge in [-0.3, -0.25) is 0 Å². The topological polar surface area (TPSA) is 17.4 Å². The quantitative estimate of drug-likeness (QED) is 0.263. The van der Waals surface area contributed by atoms with Crippen molar-refractivity contribution in [2.24, 2.45) is 0 Å². The number of anilines is 3. The van der Waals surface area contributed by atoms with Crippen molar-refractivity contribution in [3.05, 3.63) is 115 Å². The average Bonchev–Trinajstić information content (AvgIpc) is 3.47. The minimum absolute atomic E-state index is 0.156. The Hall–Kier alpha value is -4.35. The van der Waals surface area contributed by atoms with Crippen LogP contribution in [0.5, 0.6) is 11.5 Å². The van der Waals surface area contributed by atoms with E-state index in [1.54, 1.807) is 11.8 Å². The smallest absolute Gasteiger partial charge is 0.280 e. The molecule has 3 aliphatic heterocycles. The van der Waals surface area contributed by atoms with Crippen LogP contribution in [0.25, 0.3) is 16.6 Å². The van der Waals surface area contributed by atoms with Gasteiger partial charge in [0.2, 0.25) is 0 Å². The van der Waals surface area contributed by atoms with E-state index < -0.39 is 0 Å². The molecule has 0 N–H and O–H groups in total. The van der Waals surface area contributed by atoms with Gasteiger partial charge in [-0.2, -0.15) is 0 Å². The number of nitrogens with zero attached hydrogens (tertiary/aromatic N) is 2. The standard InChI is InChI=1S/C32H19BN2OS/c1-3-10-20(11-4-1)34-26-18-22(37-21-12-5-2-6-13-21)19-28-30(26)33-29-25(16-9-17-27(29)36-28)35-24-15-8-7-14-23(24)31(34)32(33)35/h1-19H. The predicted octanol–water partition coefficient (Wildman–Crippen LogP) is 6.50. The molecule has 37 heavy (non-hydrogen) atoms. The van der Waals surface area contributed by atoms with Crippen LogP contribution in [-0.2, 0) is 0 Å². The predicted molar refractivity (Wildman–Crippen MR) is 153 cm³/mol.